The van der Waals surface area contributed by atoms with Crippen LogP contribution in [0.1, 0.15) is 80.4 Å². The minimum atomic E-state index is -0.594. The number of hydrogen-bond donors (Lipinski definition) is 2. The van der Waals surface area contributed by atoms with Crippen molar-refractivity contribution >= 4 is 11.7 Å². The van der Waals surface area contributed by atoms with E-state index in [1.54, 1.807) is 6.07 Å². The van der Waals surface area contributed by atoms with E-state index in [0.29, 0.717) is 43.9 Å². The molecule has 1 aliphatic carbocycles. The first-order chi connectivity index (χ1) is 17.2. The number of hydrogen-bond acceptors (Lipinski definition) is 7. The van der Waals surface area contributed by atoms with E-state index in [9.17, 15) is 14.3 Å². The van der Waals surface area contributed by atoms with Crippen LogP contribution in [-0.2, 0) is 4.79 Å². The van der Waals surface area contributed by atoms with E-state index in [4.69, 9.17) is 5.26 Å². The van der Waals surface area contributed by atoms with Crippen LogP contribution in [-0.4, -0.2) is 63.6 Å². The van der Waals surface area contributed by atoms with Crippen LogP contribution in [0, 0.1) is 17.1 Å². The number of halogens is 1. The molecule has 0 saturated carbocycles. The molecule has 9 heteroatoms. The molecule has 1 aromatic heterocycles. The molecule has 2 saturated heterocycles. The van der Waals surface area contributed by atoms with E-state index in [1.807, 2.05) is 11.0 Å². The van der Waals surface area contributed by atoms with Crippen LogP contribution in [0.15, 0.2) is 24.5 Å². The third-order valence-electron chi connectivity index (χ3n) is 7.97. The predicted molar refractivity (Wildman–Crippen MR) is 133 cm³/mol. The zero-order chi connectivity index (χ0) is 25.6. The molecule has 2 aromatic rings. The number of anilines is 1. The van der Waals surface area contributed by atoms with Crippen LogP contribution in [0.25, 0.3) is 0 Å². The Hall–Kier alpha value is -3.09. The van der Waals surface area contributed by atoms with Gasteiger partial charge in [-0.05, 0) is 56.7 Å². The molecular formula is C27H33FN6O2. The number of carbonyl (C=O) groups is 1. The highest BCUT2D eigenvalue weighted by molar-refractivity contribution is 5.85. The molecule has 190 valence electrons. The molecule has 3 aliphatic rings. The number of piperazine rings is 1. The van der Waals surface area contributed by atoms with Crippen molar-refractivity contribution in [1.29, 1.82) is 5.26 Å². The van der Waals surface area contributed by atoms with E-state index in [1.165, 1.54) is 18.5 Å². The molecule has 1 unspecified atom stereocenters. The molecule has 1 amide bonds. The van der Waals surface area contributed by atoms with Crippen LogP contribution in [0.4, 0.5) is 10.2 Å². The van der Waals surface area contributed by atoms with E-state index < -0.39 is 17.8 Å². The summed E-state index contributed by atoms with van der Waals surface area (Å²) in [5.74, 6) is -0.118. The molecule has 8 nitrogen and oxygen atoms in total. The third kappa shape index (κ3) is 4.44. The molecule has 5 rings (SSSR count). The molecule has 0 radical (unpaired) electrons. The highest BCUT2D eigenvalue weighted by Crippen LogP contribution is 2.43. The Balaban J connectivity index is 1.36. The van der Waals surface area contributed by atoms with Gasteiger partial charge in [0.2, 0.25) is 5.91 Å². The summed E-state index contributed by atoms with van der Waals surface area (Å²) in [6.07, 6.45) is 3.34. The number of aliphatic hydroxyl groups is 1. The van der Waals surface area contributed by atoms with Crippen molar-refractivity contribution in [2.75, 3.05) is 31.1 Å². The maximum Gasteiger partial charge on any atom is 0.231 e. The zero-order valence-electron chi connectivity index (χ0n) is 21.0. The first kappa shape index (κ1) is 24.6. The first-order valence-electron chi connectivity index (χ1n) is 12.7. The van der Waals surface area contributed by atoms with Crippen LogP contribution in [0.5, 0.6) is 0 Å². The summed E-state index contributed by atoms with van der Waals surface area (Å²) in [7, 11) is 0. The average molecular weight is 493 g/mol. The van der Waals surface area contributed by atoms with Gasteiger partial charge in [0, 0.05) is 43.3 Å². The number of aliphatic hydroxyl groups excluding tert-OH is 1. The van der Waals surface area contributed by atoms with Gasteiger partial charge in [0.25, 0.3) is 0 Å². The first-order valence-corrected chi connectivity index (χ1v) is 12.7. The van der Waals surface area contributed by atoms with Gasteiger partial charge in [-0.3, -0.25) is 4.79 Å². The van der Waals surface area contributed by atoms with Gasteiger partial charge in [-0.2, -0.15) is 5.26 Å². The standard InChI is InChI=1S/C27H33FN6O2/c1-16-12-21(35)24-22(16)25(31-15-30-24)33-8-10-34(11-9-33)26(36)23(20-6-7-27(2,3)32-20)17-4-5-18(14-29)19(28)13-17/h4-5,13,15-16,20-21,23,32,35H,6-12H2,1-3H3/t16-,20?,21-,23+/m1/s1. The third-order valence-corrected chi connectivity index (χ3v) is 7.97. The van der Waals surface area contributed by atoms with Gasteiger partial charge in [0.1, 0.15) is 24.0 Å². The Morgan fingerprint density at radius 3 is 2.67 bits per heavy atom. The second kappa shape index (κ2) is 9.41. The fourth-order valence-electron chi connectivity index (χ4n) is 6.06. The maximum atomic E-state index is 14.6. The average Bonchev–Trinajstić information content (AvgIpc) is 3.37. The Labute approximate surface area is 211 Å². The quantitative estimate of drug-likeness (QED) is 0.676. The van der Waals surface area contributed by atoms with Crippen molar-refractivity contribution in [3.8, 4) is 6.07 Å². The monoisotopic (exact) mass is 492 g/mol. The number of amides is 1. The Bertz CT molecular complexity index is 1200. The number of fused-ring (bicyclic) bond motifs is 1. The second-order valence-corrected chi connectivity index (χ2v) is 11.0. The summed E-state index contributed by atoms with van der Waals surface area (Å²) in [6, 6.07) is 6.28. The van der Waals surface area contributed by atoms with E-state index in [0.717, 1.165) is 24.2 Å². The van der Waals surface area contributed by atoms with Gasteiger partial charge in [-0.1, -0.05) is 13.0 Å². The summed E-state index contributed by atoms with van der Waals surface area (Å²) in [5.41, 5.74) is 2.21. The lowest BCUT2D eigenvalue weighted by Crippen LogP contribution is -2.53. The molecule has 0 spiro atoms. The van der Waals surface area contributed by atoms with Gasteiger partial charge in [-0.25, -0.2) is 14.4 Å². The van der Waals surface area contributed by atoms with Crippen LogP contribution < -0.4 is 10.2 Å². The lowest BCUT2D eigenvalue weighted by Gasteiger charge is -2.39. The van der Waals surface area contributed by atoms with Gasteiger partial charge >= 0.3 is 0 Å². The van der Waals surface area contributed by atoms with Gasteiger partial charge < -0.3 is 20.2 Å². The normalized spacial score (nSPS) is 25.9. The predicted octanol–water partition coefficient (Wildman–Crippen LogP) is 2.99. The number of benzene rings is 1. The van der Waals surface area contributed by atoms with Crippen molar-refractivity contribution in [1.82, 2.24) is 20.2 Å². The minimum Gasteiger partial charge on any atom is -0.387 e. The van der Waals surface area contributed by atoms with Crippen molar-refractivity contribution in [2.24, 2.45) is 0 Å². The van der Waals surface area contributed by atoms with Crippen molar-refractivity contribution in [3.63, 3.8) is 0 Å². The van der Waals surface area contributed by atoms with Gasteiger partial charge in [0.15, 0.2) is 0 Å². The van der Waals surface area contributed by atoms with E-state index in [-0.39, 0.29) is 29.0 Å². The SMILES string of the molecule is C[C@@H]1C[C@@H](O)c2ncnc(N3CCN(C(=O)[C@@H](c4ccc(C#N)c(F)c4)C4CCC(C)(C)N4)CC3)c21. The summed E-state index contributed by atoms with van der Waals surface area (Å²) >= 11 is 0. The minimum absolute atomic E-state index is 0.0185. The molecule has 1 aromatic carbocycles. The molecule has 0 bridgehead atoms. The Kier molecular flexibility index (Phi) is 6.43. The lowest BCUT2D eigenvalue weighted by atomic mass is 9.88. The van der Waals surface area contributed by atoms with E-state index in [2.05, 4.69) is 41.0 Å². The molecule has 3 heterocycles. The summed E-state index contributed by atoms with van der Waals surface area (Å²) in [6.45, 7) is 8.61. The van der Waals surface area contributed by atoms with Gasteiger partial charge in [0.05, 0.1) is 23.3 Å². The zero-order valence-corrected chi connectivity index (χ0v) is 21.0. The Morgan fingerprint density at radius 2 is 2.03 bits per heavy atom. The highest BCUT2D eigenvalue weighted by atomic mass is 19.1. The molecule has 4 atom stereocenters. The maximum absolute atomic E-state index is 14.6. The smallest absolute Gasteiger partial charge is 0.231 e. The van der Waals surface area contributed by atoms with Crippen LogP contribution >= 0.6 is 0 Å². The number of nitriles is 1. The molecule has 2 aliphatic heterocycles. The Morgan fingerprint density at radius 1 is 1.28 bits per heavy atom. The summed E-state index contributed by atoms with van der Waals surface area (Å²) in [4.78, 5) is 26.8. The number of rotatable bonds is 4. The molecule has 2 N–H and O–H groups in total. The fourth-order valence-corrected chi connectivity index (χ4v) is 6.06. The lowest BCUT2D eigenvalue weighted by molar-refractivity contribution is -0.133. The van der Waals surface area contributed by atoms with Crippen molar-refractivity contribution < 1.29 is 14.3 Å². The fraction of sp³-hybridized carbons (Fsp3) is 0.556. The van der Waals surface area contributed by atoms with Crippen LogP contribution in [0.3, 0.4) is 0 Å². The number of aromatic nitrogens is 2. The number of carbonyl (C=O) groups excluding carboxylic acids is 1. The molecule has 36 heavy (non-hydrogen) atoms. The van der Waals surface area contributed by atoms with Crippen molar-refractivity contribution in [3.05, 3.63) is 52.7 Å². The molecule has 2 fully saturated rings. The van der Waals surface area contributed by atoms with Gasteiger partial charge in [-0.15, -0.1) is 0 Å². The number of nitrogens with zero attached hydrogens (tertiary/aromatic N) is 5. The largest absolute Gasteiger partial charge is 0.387 e. The topological polar surface area (TPSA) is 105 Å². The molecular weight excluding hydrogens is 459 g/mol. The number of nitrogens with one attached hydrogen (secondary N) is 1. The summed E-state index contributed by atoms with van der Waals surface area (Å²) < 4.78 is 14.6. The summed E-state index contributed by atoms with van der Waals surface area (Å²) in [5, 5.41) is 23.1. The van der Waals surface area contributed by atoms with E-state index >= 15 is 0 Å². The second-order valence-electron chi connectivity index (χ2n) is 11.0. The highest BCUT2D eigenvalue weighted by Gasteiger charge is 2.41. The van der Waals surface area contributed by atoms with Crippen LogP contribution in [0.2, 0.25) is 0 Å². The van der Waals surface area contributed by atoms with Crippen molar-refractivity contribution in [2.45, 2.75) is 69.6 Å².